The highest BCUT2D eigenvalue weighted by Gasteiger charge is 2.19. The third-order valence-corrected chi connectivity index (χ3v) is 3.00. The number of benzene rings is 1. The van der Waals surface area contributed by atoms with E-state index in [0.717, 1.165) is 5.56 Å². The predicted octanol–water partition coefficient (Wildman–Crippen LogP) is 3.28. The van der Waals surface area contributed by atoms with Crippen molar-refractivity contribution >= 4 is 33.5 Å². The third kappa shape index (κ3) is 2.55. The number of ether oxygens (including phenoxy) is 1. The topological polar surface area (TPSA) is 50.1 Å². The molecule has 0 aliphatic rings. The largest absolute Gasteiger partial charge is 0.462 e. The van der Waals surface area contributed by atoms with Crippen molar-refractivity contribution in [2.45, 2.75) is 12.3 Å². The third-order valence-electron chi connectivity index (χ3n) is 1.97. The Morgan fingerprint density at radius 1 is 1.62 bits per heavy atom. The van der Waals surface area contributed by atoms with E-state index >= 15 is 0 Å². The number of hydrogen-bond acceptors (Lipinski definition) is 3. The molecule has 3 nitrogen and oxygen atoms in total. The first-order chi connectivity index (χ1) is 7.65. The molecule has 0 amide bonds. The van der Waals surface area contributed by atoms with Crippen LogP contribution in [0.15, 0.2) is 12.1 Å². The van der Waals surface area contributed by atoms with Gasteiger partial charge in [-0.1, -0.05) is 33.6 Å². The summed E-state index contributed by atoms with van der Waals surface area (Å²) in [4.78, 5) is 11.6. The predicted molar refractivity (Wildman–Crippen MR) is 64.8 cm³/mol. The number of alkyl halides is 1. The summed E-state index contributed by atoms with van der Waals surface area (Å²) in [7, 11) is 0. The summed E-state index contributed by atoms with van der Waals surface area (Å²) in [6.45, 7) is 1.95. The molecule has 0 bridgehead atoms. The lowest BCUT2D eigenvalue weighted by molar-refractivity contribution is 0.0526. The van der Waals surface area contributed by atoms with Crippen LogP contribution in [0.5, 0.6) is 0 Å². The number of nitriles is 1. The van der Waals surface area contributed by atoms with Crippen molar-refractivity contribution < 1.29 is 9.53 Å². The van der Waals surface area contributed by atoms with Gasteiger partial charge in [-0.25, -0.2) is 4.79 Å². The highest BCUT2D eigenvalue weighted by atomic mass is 79.9. The van der Waals surface area contributed by atoms with Crippen molar-refractivity contribution in [2.75, 3.05) is 6.61 Å². The molecule has 0 aliphatic heterocycles. The summed E-state index contributed by atoms with van der Waals surface area (Å²) >= 11 is 9.30. The Kier molecular flexibility index (Phi) is 4.78. The molecule has 5 heteroatoms. The summed E-state index contributed by atoms with van der Waals surface area (Å²) < 4.78 is 4.86. The maximum absolute atomic E-state index is 11.6. The molecular weight excluding hydrogens is 293 g/mol. The van der Waals surface area contributed by atoms with E-state index in [2.05, 4.69) is 15.9 Å². The smallest absolute Gasteiger partial charge is 0.341 e. The molecule has 0 saturated carbocycles. The minimum absolute atomic E-state index is 0.142. The molecule has 0 radical (unpaired) electrons. The lowest BCUT2D eigenvalue weighted by Crippen LogP contribution is -2.09. The van der Waals surface area contributed by atoms with Crippen molar-refractivity contribution in [3.63, 3.8) is 0 Å². The van der Waals surface area contributed by atoms with Crippen LogP contribution in [-0.4, -0.2) is 12.6 Å². The lowest BCUT2D eigenvalue weighted by atomic mass is 10.1. The molecule has 0 atom stereocenters. The van der Waals surface area contributed by atoms with Crippen molar-refractivity contribution in [1.82, 2.24) is 0 Å². The van der Waals surface area contributed by atoms with Crippen LogP contribution in [0, 0.1) is 11.3 Å². The molecule has 1 aromatic carbocycles. The number of rotatable bonds is 3. The van der Waals surface area contributed by atoms with E-state index in [1.807, 2.05) is 6.07 Å². The standard InChI is InChI=1S/C11H9BrClNO2/c1-2-16-11(15)9-8(6-14)4-3-7(5-12)10(9)13/h3-4H,2,5H2,1H3. The Bertz CT molecular complexity index is 454. The Morgan fingerprint density at radius 3 is 2.81 bits per heavy atom. The molecule has 0 spiro atoms. The highest BCUT2D eigenvalue weighted by Crippen LogP contribution is 2.27. The average Bonchev–Trinajstić information content (AvgIpc) is 2.28. The Morgan fingerprint density at radius 2 is 2.31 bits per heavy atom. The van der Waals surface area contributed by atoms with E-state index in [1.54, 1.807) is 19.1 Å². The van der Waals surface area contributed by atoms with Gasteiger partial charge in [0.15, 0.2) is 0 Å². The summed E-state index contributed by atoms with van der Waals surface area (Å²) in [6.07, 6.45) is 0. The van der Waals surface area contributed by atoms with Crippen LogP contribution in [0.4, 0.5) is 0 Å². The second kappa shape index (κ2) is 5.88. The second-order valence-electron chi connectivity index (χ2n) is 2.93. The van der Waals surface area contributed by atoms with Crippen LogP contribution >= 0.6 is 27.5 Å². The molecular formula is C11H9BrClNO2. The van der Waals surface area contributed by atoms with Crippen molar-refractivity contribution in [1.29, 1.82) is 5.26 Å². The molecule has 0 aliphatic carbocycles. The zero-order valence-electron chi connectivity index (χ0n) is 8.59. The maximum atomic E-state index is 11.6. The second-order valence-corrected chi connectivity index (χ2v) is 3.87. The average molecular weight is 303 g/mol. The molecule has 1 rings (SSSR count). The van der Waals surface area contributed by atoms with Crippen LogP contribution in [0.25, 0.3) is 0 Å². The van der Waals surface area contributed by atoms with Gasteiger partial charge >= 0.3 is 5.97 Å². The Hall–Kier alpha value is -1.05. The van der Waals surface area contributed by atoms with E-state index in [0.29, 0.717) is 5.33 Å². The van der Waals surface area contributed by atoms with Gasteiger partial charge in [-0.15, -0.1) is 0 Å². The van der Waals surface area contributed by atoms with E-state index in [9.17, 15) is 4.79 Å². The molecule has 0 fully saturated rings. The monoisotopic (exact) mass is 301 g/mol. The molecule has 16 heavy (non-hydrogen) atoms. The van der Waals surface area contributed by atoms with E-state index in [4.69, 9.17) is 21.6 Å². The van der Waals surface area contributed by atoms with Crippen LogP contribution in [0.3, 0.4) is 0 Å². The van der Waals surface area contributed by atoms with Crippen molar-refractivity contribution in [3.05, 3.63) is 33.8 Å². The van der Waals surface area contributed by atoms with Gasteiger partial charge in [0.25, 0.3) is 0 Å². The van der Waals surface area contributed by atoms with Gasteiger partial charge in [0, 0.05) is 5.33 Å². The SMILES string of the molecule is CCOC(=O)c1c(C#N)ccc(CBr)c1Cl. The van der Waals surface area contributed by atoms with Crippen LogP contribution in [0.2, 0.25) is 5.02 Å². The van der Waals surface area contributed by atoms with Gasteiger partial charge in [0.1, 0.15) is 6.07 Å². The molecule has 84 valence electrons. The number of carbonyl (C=O) groups excluding carboxylic acids is 1. The summed E-state index contributed by atoms with van der Waals surface area (Å²) in [5, 5.41) is 9.69. The molecule has 0 unspecified atom stereocenters. The molecule has 0 aromatic heterocycles. The maximum Gasteiger partial charge on any atom is 0.341 e. The molecule has 1 aromatic rings. The van der Waals surface area contributed by atoms with E-state index in [-0.39, 0.29) is 22.8 Å². The number of nitrogens with zero attached hydrogens (tertiary/aromatic N) is 1. The van der Waals surface area contributed by atoms with E-state index < -0.39 is 5.97 Å². The van der Waals surface area contributed by atoms with Gasteiger partial charge in [0.05, 0.1) is 22.8 Å². The van der Waals surface area contributed by atoms with Crippen LogP contribution in [0.1, 0.15) is 28.4 Å². The Balaban J connectivity index is 3.33. The van der Waals surface area contributed by atoms with E-state index in [1.165, 1.54) is 0 Å². The fourth-order valence-corrected chi connectivity index (χ4v) is 2.16. The van der Waals surface area contributed by atoms with Crippen molar-refractivity contribution in [2.24, 2.45) is 0 Å². The first-order valence-corrected chi connectivity index (χ1v) is 6.10. The summed E-state index contributed by atoms with van der Waals surface area (Å²) in [5.74, 6) is -0.563. The van der Waals surface area contributed by atoms with Gasteiger partial charge in [-0.2, -0.15) is 5.26 Å². The minimum Gasteiger partial charge on any atom is -0.462 e. The number of halogens is 2. The summed E-state index contributed by atoms with van der Waals surface area (Å²) in [6, 6.07) is 5.20. The van der Waals surface area contributed by atoms with Gasteiger partial charge < -0.3 is 4.74 Å². The highest BCUT2D eigenvalue weighted by molar-refractivity contribution is 9.08. The Labute approximate surface area is 107 Å². The first kappa shape index (κ1) is 13.0. The normalized spacial score (nSPS) is 9.62. The first-order valence-electron chi connectivity index (χ1n) is 4.60. The fraction of sp³-hybridized carbons (Fsp3) is 0.273. The van der Waals surface area contributed by atoms with Gasteiger partial charge in [0.2, 0.25) is 0 Å². The summed E-state index contributed by atoms with van der Waals surface area (Å²) in [5.41, 5.74) is 1.12. The van der Waals surface area contributed by atoms with Crippen LogP contribution in [-0.2, 0) is 10.1 Å². The molecule has 0 N–H and O–H groups in total. The lowest BCUT2D eigenvalue weighted by Gasteiger charge is -2.08. The van der Waals surface area contributed by atoms with Gasteiger partial charge in [-0.05, 0) is 18.6 Å². The van der Waals surface area contributed by atoms with Crippen molar-refractivity contribution in [3.8, 4) is 6.07 Å². The van der Waals surface area contributed by atoms with Gasteiger partial charge in [-0.3, -0.25) is 0 Å². The molecule has 0 saturated heterocycles. The molecule has 0 heterocycles. The zero-order valence-corrected chi connectivity index (χ0v) is 10.9. The number of esters is 1. The number of hydrogen-bond donors (Lipinski definition) is 0. The number of carbonyl (C=O) groups is 1. The minimum atomic E-state index is -0.563. The quantitative estimate of drug-likeness (QED) is 0.636. The fourth-order valence-electron chi connectivity index (χ4n) is 1.22. The van der Waals surface area contributed by atoms with Crippen LogP contribution < -0.4 is 0 Å². The zero-order chi connectivity index (χ0) is 12.1.